The van der Waals surface area contributed by atoms with Crippen LogP contribution in [-0.4, -0.2) is 30.8 Å². The van der Waals surface area contributed by atoms with Gasteiger partial charge in [0.1, 0.15) is 5.01 Å². The quantitative estimate of drug-likeness (QED) is 0.246. The largest absolute Gasteiger partial charge is 0.481 e. The van der Waals surface area contributed by atoms with E-state index in [4.69, 9.17) is 21.6 Å². The number of hydrogen-bond acceptors (Lipinski definition) is 5. The van der Waals surface area contributed by atoms with E-state index >= 15 is 0 Å². The van der Waals surface area contributed by atoms with Crippen LogP contribution in [0.4, 0.5) is 0 Å². The van der Waals surface area contributed by atoms with Crippen LogP contribution >= 0.6 is 22.9 Å². The van der Waals surface area contributed by atoms with Gasteiger partial charge in [-0.25, -0.2) is 9.97 Å². The van der Waals surface area contributed by atoms with Crippen molar-refractivity contribution in [2.24, 2.45) is 7.05 Å². The predicted octanol–water partition coefficient (Wildman–Crippen LogP) is 7.48. The highest BCUT2D eigenvalue weighted by Gasteiger charge is 2.20. The molecule has 6 aromatic rings. The SMILES string of the molecule is Cc1ccc(-c2nc3cc(C)c(CC(=O)O)c(-c4ccc(Cl)cc4)c3s2)nc1-c1ccc2c(cnn2C)c1. The van der Waals surface area contributed by atoms with Crippen LogP contribution in [0, 0.1) is 13.8 Å². The number of aryl methyl sites for hydroxylation is 3. The number of aliphatic carboxylic acids is 1. The van der Waals surface area contributed by atoms with Crippen LogP contribution in [0.2, 0.25) is 5.02 Å². The monoisotopic (exact) mass is 538 g/mol. The number of hydrogen-bond donors (Lipinski definition) is 1. The van der Waals surface area contributed by atoms with E-state index in [2.05, 4.69) is 36.3 Å². The zero-order valence-corrected chi connectivity index (χ0v) is 22.6. The summed E-state index contributed by atoms with van der Waals surface area (Å²) in [6, 6.07) is 19.8. The lowest BCUT2D eigenvalue weighted by molar-refractivity contribution is -0.136. The Bertz CT molecular complexity index is 1870. The number of fused-ring (bicyclic) bond motifs is 2. The summed E-state index contributed by atoms with van der Waals surface area (Å²) in [5.74, 6) is -0.872. The van der Waals surface area contributed by atoms with Crippen LogP contribution in [0.15, 0.2) is 66.9 Å². The third-order valence-electron chi connectivity index (χ3n) is 6.81. The molecular weight excluding hydrogens is 516 g/mol. The Hall–Kier alpha value is -4.07. The number of carbonyl (C=O) groups is 1. The molecule has 0 spiro atoms. The van der Waals surface area contributed by atoms with Gasteiger partial charge in [0.15, 0.2) is 0 Å². The second-order valence-corrected chi connectivity index (χ2v) is 10.8. The van der Waals surface area contributed by atoms with E-state index in [-0.39, 0.29) is 6.42 Å². The molecule has 0 aliphatic rings. The Balaban J connectivity index is 1.52. The summed E-state index contributed by atoms with van der Waals surface area (Å²) in [5, 5.41) is 16.5. The summed E-state index contributed by atoms with van der Waals surface area (Å²) < 4.78 is 2.79. The normalized spacial score (nSPS) is 11.5. The fourth-order valence-electron chi connectivity index (χ4n) is 4.90. The fourth-order valence-corrected chi connectivity index (χ4v) is 6.13. The number of rotatable bonds is 5. The van der Waals surface area contributed by atoms with Crippen molar-refractivity contribution in [3.63, 3.8) is 0 Å². The average molecular weight is 539 g/mol. The lowest BCUT2D eigenvalue weighted by Gasteiger charge is -2.13. The van der Waals surface area contributed by atoms with Gasteiger partial charge in [0.25, 0.3) is 0 Å². The average Bonchev–Trinajstić information content (AvgIpc) is 3.48. The molecule has 3 aromatic heterocycles. The zero-order valence-electron chi connectivity index (χ0n) is 21.0. The second kappa shape index (κ2) is 9.35. The Morgan fingerprint density at radius 3 is 2.50 bits per heavy atom. The summed E-state index contributed by atoms with van der Waals surface area (Å²) in [4.78, 5) is 21.8. The van der Waals surface area contributed by atoms with Gasteiger partial charge in [0, 0.05) is 28.6 Å². The van der Waals surface area contributed by atoms with Crippen molar-refractivity contribution >= 4 is 50.0 Å². The van der Waals surface area contributed by atoms with Gasteiger partial charge in [0.2, 0.25) is 0 Å². The van der Waals surface area contributed by atoms with E-state index < -0.39 is 5.97 Å². The highest BCUT2D eigenvalue weighted by molar-refractivity contribution is 7.22. The van der Waals surface area contributed by atoms with E-state index in [1.54, 1.807) is 0 Å². The molecule has 0 radical (unpaired) electrons. The van der Waals surface area contributed by atoms with Crippen LogP contribution in [0.3, 0.4) is 0 Å². The molecule has 3 aromatic carbocycles. The van der Waals surface area contributed by atoms with Gasteiger partial charge in [-0.15, -0.1) is 11.3 Å². The molecule has 188 valence electrons. The molecule has 0 aliphatic carbocycles. The number of aromatic nitrogens is 4. The maximum absolute atomic E-state index is 11.8. The third kappa shape index (κ3) is 4.23. The van der Waals surface area contributed by atoms with Crippen LogP contribution in [0.25, 0.3) is 54.2 Å². The minimum atomic E-state index is -0.872. The molecule has 0 saturated carbocycles. The van der Waals surface area contributed by atoms with Crippen molar-refractivity contribution in [1.82, 2.24) is 19.7 Å². The van der Waals surface area contributed by atoms with Crippen molar-refractivity contribution in [2.75, 3.05) is 0 Å². The molecule has 0 amide bonds. The van der Waals surface area contributed by atoms with Gasteiger partial charge < -0.3 is 5.11 Å². The number of halogens is 1. The molecular formula is C30H23ClN4O2S. The van der Waals surface area contributed by atoms with E-state index in [0.29, 0.717) is 5.02 Å². The molecule has 0 fully saturated rings. The van der Waals surface area contributed by atoms with Gasteiger partial charge in [0.05, 0.1) is 39.7 Å². The summed E-state index contributed by atoms with van der Waals surface area (Å²) in [7, 11) is 1.93. The first-order valence-corrected chi connectivity index (χ1v) is 13.3. The Labute approximate surface area is 228 Å². The number of carboxylic acids is 1. The maximum atomic E-state index is 11.8. The third-order valence-corrected chi connectivity index (χ3v) is 8.17. The Morgan fingerprint density at radius 2 is 1.74 bits per heavy atom. The lowest BCUT2D eigenvalue weighted by atomic mass is 9.93. The highest BCUT2D eigenvalue weighted by atomic mass is 35.5. The number of thiazole rings is 1. The molecule has 3 heterocycles. The van der Waals surface area contributed by atoms with E-state index in [9.17, 15) is 9.90 Å². The van der Waals surface area contributed by atoms with Crippen molar-refractivity contribution < 1.29 is 9.90 Å². The van der Waals surface area contributed by atoms with Gasteiger partial charge in [-0.2, -0.15) is 5.10 Å². The summed E-state index contributed by atoms with van der Waals surface area (Å²) in [5.41, 5.74) is 9.12. The number of carboxylic acid groups (broad SMARTS) is 1. The first-order chi connectivity index (χ1) is 18.3. The Morgan fingerprint density at radius 1 is 0.974 bits per heavy atom. The van der Waals surface area contributed by atoms with Crippen molar-refractivity contribution in [3.05, 3.63) is 88.6 Å². The van der Waals surface area contributed by atoms with Crippen molar-refractivity contribution in [2.45, 2.75) is 20.3 Å². The molecule has 0 saturated heterocycles. The molecule has 0 aliphatic heterocycles. The van der Waals surface area contributed by atoms with Crippen LogP contribution in [-0.2, 0) is 18.3 Å². The van der Waals surface area contributed by atoms with Gasteiger partial charge in [-0.1, -0.05) is 35.9 Å². The van der Waals surface area contributed by atoms with Gasteiger partial charge >= 0.3 is 5.97 Å². The van der Waals surface area contributed by atoms with Crippen molar-refractivity contribution in [3.8, 4) is 33.1 Å². The van der Waals surface area contributed by atoms with E-state index in [1.165, 1.54) is 11.3 Å². The molecule has 38 heavy (non-hydrogen) atoms. The fraction of sp³-hybridized carbons (Fsp3) is 0.133. The van der Waals surface area contributed by atoms with Crippen LogP contribution in [0.1, 0.15) is 16.7 Å². The molecule has 1 N–H and O–H groups in total. The first kappa shape index (κ1) is 24.3. The number of nitrogens with zero attached hydrogens (tertiary/aromatic N) is 4. The molecule has 0 atom stereocenters. The van der Waals surface area contributed by atoms with Gasteiger partial charge in [-0.3, -0.25) is 9.48 Å². The molecule has 6 rings (SSSR count). The smallest absolute Gasteiger partial charge is 0.307 e. The number of pyridine rings is 1. The van der Waals surface area contributed by atoms with Crippen LogP contribution < -0.4 is 0 Å². The summed E-state index contributed by atoms with van der Waals surface area (Å²) in [6.07, 6.45) is 1.79. The predicted molar refractivity (Wildman–Crippen MR) is 154 cm³/mol. The summed E-state index contributed by atoms with van der Waals surface area (Å²) >= 11 is 7.68. The highest BCUT2D eigenvalue weighted by Crippen LogP contribution is 2.41. The van der Waals surface area contributed by atoms with Crippen molar-refractivity contribution in [1.29, 1.82) is 0 Å². The second-order valence-electron chi connectivity index (χ2n) is 9.40. The zero-order chi connectivity index (χ0) is 26.6. The summed E-state index contributed by atoms with van der Waals surface area (Å²) in [6.45, 7) is 3.99. The van der Waals surface area contributed by atoms with Crippen LogP contribution in [0.5, 0.6) is 0 Å². The number of benzene rings is 3. The Kier molecular flexibility index (Phi) is 5.97. The van der Waals surface area contributed by atoms with E-state index in [1.807, 2.05) is 61.2 Å². The van der Waals surface area contributed by atoms with Gasteiger partial charge in [-0.05, 0) is 72.5 Å². The molecule has 8 heteroatoms. The first-order valence-electron chi connectivity index (χ1n) is 12.1. The van der Waals surface area contributed by atoms with E-state index in [0.717, 1.165) is 70.9 Å². The molecule has 6 nitrogen and oxygen atoms in total. The maximum Gasteiger partial charge on any atom is 0.307 e. The molecule has 0 bridgehead atoms. The molecule has 0 unspecified atom stereocenters. The minimum Gasteiger partial charge on any atom is -0.481 e. The lowest BCUT2D eigenvalue weighted by Crippen LogP contribution is -2.04. The standard InChI is InChI=1S/C30H23ClN4O2S/c1-16-4-10-23(33-28(16)19-7-11-25-20(13-19)15-32-35(25)3)30-34-24-12-17(2)22(14-26(36)37)27(29(24)38-30)18-5-8-21(31)9-6-18/h4-13,15H,14H2,1-3H3,(H,36,37). The minimum absolute atomic E-state index is 0.0727. The topological polar surface area (TPSA) is 80.9 Å².